The molecular weight excluding hydrogens is 212 g/mol. The number of likely N-dealkylation sites (N-methyl/N-ethyl adjacent to an activating group) is 1. The fraction of sp³-hybridized carbons (Fsp3) is 0.643. The van der Waals surface area contributed by atoms with E-state index in [1.54, 1.807) is 12.4 Å². The van der Waals surface area contributed by atoms with Gasteiger partial charge in [-0.05, 0) is 44.6 Å². The van der Waals surface area contributed by atoms with Crippen molar-refractivity contribution in [2.75, 3.05) is 14.1 Å². The van der Waals surface area contributed by atoms with Crippen molar-refractivity contribution in [3.05, 3.63) is 30.1 Å². The van der Waals surface area contributed by atoms with Crippen molar-refractivity contribution in [3.63, 3.8) is 0 Å². The molecule has 0 spiro atoms. The maximum atomic E-state index is 10.5. The SMILES string of the molecule is CCC(CC)(C(O)Cc1ccncc1)N(C)C. The highest BCUT2D eigenvalue weighted by Gasteiger charge is 2.36. The van der Waals surface area contributed by atoms with E-state index in [9.17, 15) is 5.11 Å². The Balaban J connectivity index is 2.83. The third kappa shape index (κ3) is 3.05. The Labute approximate surface area is 104 Å². The van der Waals surface area contributed by atoms with Crippen LogP contribution in [0.4, 0.5) is 0 Å². The molecule has 1 aromatic rings. The lowest BCUT2D eigenvalue weighted by molar-refractivity contribution is -0.0125. The van der Waals surface area contributed by atoms with Gasteiger partial charge in [-0.15, -0.1) is 0 Å². The molecule has 1 atom stereocenters. The van der Waals surface area contributed by atoms with Crippen LogP contribution in [0.15, 0.2) is 24.5 Å². The molecule has 0 aliphatic rings. The van der Waals surface area contributed by atoms with E-state index in [0.29, 0.717) is 6.42 Å². The van der Waals surface area contributed by atoms with E-state index in [1.807, 2.05) is 26.2 Å². The molecule has 0 aliphatic heterocycles. The van der Waals surface area contributed by atoms with Gasteiger partial charge in [-0.25, -0.2) is 0 Å². The van der Waals surface area contributed by atoms with Gasteiger partial charge in [0, 0.05) is 24.4 Å². The molecule has 0 saturated carbocycles. The molecule has 0 aromatic carbocycles. The molecule has 17 heavy (non-hydrogen) atoms. The highest BCUT2D eigenvalue weighted by atomic mass is 16.3. The zero-order valence-corrected chi connectivity index (χ0v) is 11.3. The zero-order valence-electron chi connectivity index (χ0n) is 11.3. The van der Waals surface area contributed by atoms with E-state index in [1.165, 1.54) is 0 Å². The van der Waals surface area contributed by atoms with Crippen LogP contribution in [0, 0.1) is 0 Å². The lowest BCUT2D eigenvalue weighted by Crippen LogP contribution is -2.53. The summed E-state index contributed by atoms with van der Waals surface area (Å²) in [5.41, 5.74) is 1.00. The minimum atomic E-state index is -0.352. The summed E-state index contributed by atoms with van der Waals surface area (Å²) >= 11 is 0. The number of hydrogen-bond donors (Lipinski definition) is 1. The average molecular weight is 236 g/mol. The fourth-order valence-corrected chi connectivity index (χ4v) is 2.58. The van der Waals surface area contributed by atoms with Crippen molar-refractivity contribution >= 4 is 0 Å². The van der Waals surface area contributed by atoms with Crippen LogP contribution in [0.1, 0.15) is 32.3 Å². The Morgan fingerprint density at radius 3 is 2.18 bits per heavy atom. The van der Waals surface area contributed by atoms with Crippen LogP contribution in [0.3, 0.4) is 0 Å². The van der Waals surface area contributed by atoms with E-state index < -0.39 is 0 Å². The lowest BCUT2D eigenvalue weighted by Gasteiger charge is -2.42. The third-order valence-electron chi connectivity index (χ3n) is 3.91. The monoisotopic (exact) mass is 236 g/mol. The Morgan fingerprint density at radius 1 is 1.24 bits per heavy atom. The van der Waals surface area contributed by atoms with Gasteiger partial charge >= 0.3 is 0 Å². The molecule has 1 unspecified atom stereocenters. The van der Waals surface area contributed by atoms with Crippen LogP contribution in [-0.4, -0.2) is 40.7 Å². The number of hydrogen-bond acceptors (Lipinski definition) is 3. The molecule has 0 aliphatic carbocycles. The first-order valence-electron chi connectivity index (χ1n) is 6.31. The third-order valence-corrected chi connectivity index (χ3v) is 3.91. The Kier molecular flexibility index (Phi) is 5.09. The second-order valence-corrected chi connectivity index (χ2v) is 4.78. The minimum Gasteiger partial charge on any atom is -0.391 e. The van der Waals surface area contributed by atoms with Gasteiger partial charge in [0.15, 0.2) is 0 Å². The van der Waals surface area contributed by atoms with Crippen molar-refractivity contribution in [2.45, 2.75) is 44.8 Å². The number of aliphatic hydroxyl groups excluding tert-OH is 1. The van der Waals surface area contributed by atoms with Gasteiger partial charge in [0.05, 0.1) is 6.10 Å². The van der Waals surface area contributed by atoms with Crippen molar-refractivity contribution < 1.29 is 5.11 Å². The summed E-state index contributed by atoms with van der Waals surface area (Å²) in [6.07, 6.45) is 5.78. The van der Waals surface area contributed by atoms with E-state index in [0.717, 1.165) is 18.4 Å². The van der Waals surface area contributed by atoms with E-state index in [2.05, 4.69) is 23.7 Å². The number of aromatic nitrogens is 1. The Hall–Kier alpha value is -0.930. The molecule has 1 heterocycles. The van der Waals surface area contributed by atoms with Gasteiger partial charge in [-0.3, -0.25) is 4.98 Å². The second-order valence-electron chi connectivity index (χ2n) is 4.78. The molecule has 0 fully saturated rings. The predicted octanol–water partition coefficient (Wildman–Crippen LogP) is 2.11. The van der Waals surface area contributed by atoms with Gasteiger partial charge in [-0.2, -0.15) is 0 Å². The number of pyridine rings is 1. The van der Waals surface area contributed by atoms with E-state index >= 15 is 0 Å². The first kappa shape index (κ1) is 14.1. The summed E-state index contributed by atoms with van der Waals surface area (Å²) in [4.78, 5) is 6.15. The second kappa shape index (κ2) is 6.12. The summed E-state index contributed by atoms with van der Waals surface area (Å²) < 4.78 is 0. The van der Waals surface area contributed by atoms with Gasteiger partial charge in [0.2, 0.25) is 0 Å². The largest absolute Gasteiger partial charge is 0.391 e. The summed E-state index contributed by atoms with van der Waals surface area (Å²) in [5.74, 6) is 0. The van der Waals surface area contributed by atoms with Crippen LogP contribution in [0.5, 0.6) is 0 Å². The van der Waals surface area contributed by atoms with Crippen LogP contribution in [-0.2, 0) is 6.42 Å². The molecule has 1 rings (SSSR count). The van der Waals surface area contributed by atoms with Gasteiger partial charge in [-0.1, -0.05) is 13.8 Å². The molecule has 0 amide bonds. The van der Waals surface area contributed by atoms with Gasteiger partial charge in [0.1, 0.15) is 0 Å². The summed E-state index contributed by atoms with van der Waals surface area (Å²) in [6.45, 7) is 4.28. The Morgan fingerprint density at radius 2 is 1.76 bits per heavy atom. The van der Waals surface area contributed by atoms with Crippen LogP contribution < -0.4 is 0 Å². The molecule has 96 valence electrons. The summed E-state index contributed by atoms with van der Waals surface area (Å²) in [7, 11) is 4.09. The number of rotatable bonds is 6. The summed E-state index contributed by atoms with van der Waals surface area (Å²) in [5, 5.41) is 10.5. The highest BCUT2D eigenvalue weighted by Crippen LogP contribution is 2.27. The molecule has 3 heteroatoms. The number of aliphatic hydroxyl groups is 1. The van der Waals surface area contributed by atoms with Crippen LogP contribution in [0.2, 0.25) is 0 Å². The average Bonchev–Trinajstić information content (AvgIpc) is 2.32. The molecule has 1 aromatic heterocycles. The van der Waals surface area contributed by atoms with Gasteiger partial charge < -0.3 is 10.0 Å². The lowest BCUT2D eigenvalue weighted by atomic mass is 9.82. The molecule has 1 N–H and O–H groups in total. The van der Waals surface area contributed by atoms with Crippen molar-refractivity contribution in [3.8, 4) is 0 Å². The van der Waals surface area contributed by atoms with Gasteiger partial charge in [0.25, 0.3) is 0 Å². The first-order valence-corrected chi connectivity index (χ1v) is 6.31. The smallest absolute Gasteiger partial charge is 0.0763 e. The minimum absolute atomic E-state index is 0.136. The van der Waals surface area contributed by atoms with Crippen molar-refractivity contribution in [1.82, 2.24) is 9.88 Å². The molecule has 0 saturated heterocycles. The normalized spacial score (nSPS) is 14.0. The number of nitrogens with zero attached hydrogens (tertiary/aromatic N) is 2. The van der Waals surface area contributed by atoms with Crippen LogP contribution >= 0.6 is 0 Å². The fourth-order valence-electron chi connectivity index (χ4n) is 2.58. The maximum Gasteiger partial charge on any atom is 0.0763 e. The standard InChI is InChI=1S/C14H24N2O/c1-5-14(6-2,16(3)4)13(17)11-12-7-9-15-10-8-12/h7-10,13,17H,5-6,11H2,1-4H3. The highest BCUT2D eigenvalue weighted by molar-refractivity contribution is 5.13. The maximum absolute atomic E-state index is 10.5. The first-order chi connectivity index (χ1) is 8.06. The van der Waals surface area contributed by atoms with Crippen molar-refractivity contribution in [1.29, 1.82) is 0 Å². The molecule has 3 nitrogen and oxygen atoms in total. The predicted molar refractivity (Wildman–Crippen MR) is 70.9 cm³/mol. The molecular formula is C14H24N2O. The summed E-state index contributed by atoms with van der Waals surface area (Å²) in [6, 6.07) is 3.93. The molecule has 0 bridgehead atoms. The Bertz CT molecular complexity index is 320. The van der Waals surface area contributed by atoms with Crippen LogP contribution in [0.25, 0.3) is 0 Å². The van der Waals surface area contributed by atoms with E-state index in [4.69, 9.17) is 0 Å². The molecule has 0 radical (unpaired) electrons. The zero-order chi connectivity index (χ0) is 12.9. The van der Waals surface area contributed by atoms with E-state index in [-0.39, 0.29) is 11.6 Å². The topological polar surface area (TPSA) is 36.4 Å². The van der Waals surface area contributed by atoms with Crippen molar-refractivity contribution in [2.24, 2.45) is 0 Å². The quantitative estimate of drug-likeness (QED) is 0.822.